The molecule has 0 saturated carbocycles. The van der Waals surface area contributed by atoms with Gasteiger partial charge >= 0.3 is 0 Å². The summed E-state index contributed by atoms with van der Waals surface area (Å²) < 4.78 is 18.0. The first kappa shape index (κ1) is 19.3. The smallest absolute Gasteiger partial charge is 0.273 e. The molecule has 4 aromatic rings. The van der Waals surface area contributed by atoms with E-state index < -0.39 is 6.10 Å². The van der Waals surface area contributed by atoms with Crippen LogP contribution in [0.2, 0.25) is 0 Å². The minimum atomic E-state index is -0.770. The Kier molecular flexibility index (Phi) is 5.13. The van der Waals surface area contributed by atoms with E-state index in [9.17, 15) is 4.79 Å². The third kappa shape index (κ3) is 3.89. The van der Waals surface area contributed by atoms with Crippen molar-refractivity contribution >= 4 is 32.6 Å². The first-order chi connectivity index (χ1) is 15.2. The highest BCUT2D eigenvalue weighted by molar-refractivity contribution is 7.22. The molecule has 0 radical (unpaired) electrons. The van der Waals surface area contributed by atoms with E-state index in [1.807, 2.05) is 48.5 Å². The molecule has 0 fully saturated rings. The van der Waals surface area contributed by atoms with Gasteiger partial charge in [0.2, 0.25) is 6.10 Å². The van der Waals surface area contributed by atoms with Gasteiger partial charge in [-0.1, -0.05) is 29.5 Å². The van der Waals surface area contributed by atoms with Crippen molar-refractivity contribution in [1.82, 2.24) is 9.97 Å². The van der Waals surface area contributed by atoms with Crippen LogP contribution < -0.4 is 19.1 Å². The lowest BCUT2D eigenvalue weighted by Gasteiger charge is -2.29. The maximum absolute atomic E-state index is 13.6. The molecule has 31 heavy (non-hydrogen) atoms. The Morgan fingerprint density at radius 2 is 2.06 bits per heavy atom. The number of methoxy groups -OCH3 is 1. The van der Waals surface area contributed by atoms with Gasteiger partial charge < -0.3 is 14.2 Å². The number of nitrogens with zero attached hydrogens (tertiary/aromatic N) is 3. The molecule has 1 aliphatic heterocycles. The molecule has 1 aliphatic rings. The second-order valence-electron chi connectivity index (χ2n) is 6.98. The fourth-order valence-corrected chi connectivity index (χ4v) is 4.36. The van der Waals surface area contributed by atoms with Crippen molar-refractivity contribution in [1.29, 1.82) is 0 Å². The number of carbonyl (C=O) groups is 1. The second kappa shape index (κ2) is 8.23. The minimum absolute atomic E-state index is 0.137. The second-order valence-corrected chi connectivity index (χ2v) is 7.99. The number of ether oxygens (including phenoxy) is 3. The highest BCUT2D eigenvalue weighted by Gasteiger charge is 2.33. The third-order valence-corrected chi connectivity index (χ3v) is 5.97. The lowest BCUT2D eigenvalue weighted by molar-refractivity contribution is -0.127. The van der Waals surface area contributed by atoms with E-state index in [4.69, 9.17) is 19.2 Å². The summed E-state index contributed by atoms with van der Waals surface area (Å²) in [7, 11) is 1.62. The van der Waals surface area contributed by atoms with E-state index in [1.54, 1.807) is 30.5 Å². The molecular weight excluding hydrogens is 414 g/mol. The summed E-state index contributed by atoms with van der Waals surface area (Å²) in [5.41, 5.74) is 1.70. The Morgan fingerprint density at radius 3 is 2.87 bits per heavy atom. The maximum Gasteiger partial charge on any atom is 0.273 e. The van der Waals surface area contributed by atoms with E-state index in [2.05, 4.69) is 4.98 Å². The molecular formula is C23H19N3O4S. The zero-order chi connectivity index (χ0) is 21.2. The van der Waals surface area contributed by atoms with Crippen LogP contribution in [0.25, 0.3) is 10.2 Å². The summed E-state index contributed by atoms with van der Waals surface area (Å²) in [5.74, 6) is 1.72. The van der Waals surface area contributed by atoms with Gasteiger partial charge in [0, 0.05) is 12.4 Å². The van der Waals surface area contributed by atoms with Gasteiger partial charge in [-0.25, -0.2) is 4.98 Å². The van der Waals surface area contributed by atoms with Gasteiger partial charge in [-0.2, -0.15) is 0 Å². The number of hydrogen-bond donors (Lipinski definition) is 0. The molecule has 0 aliphatic carbocycles. The highest BCUT2D eigenvalue weighted by atomic mass is 32.1. The average Bonchev–Trinajstić information content (AvgIpc) is 3.25. The number of hydrogen-bond acceptors (Lipinski definition) is 7. The van der Waals surface area contributed by atoms with Crippen molar-refractivity contribution in [3.05, 3.63) is 72.6 Å². The van der Waals surface area contributed by atoms with Gasteiger partial charge in [0.15, 0.2) is 16.6 Å². The fraction of sp³-hybridized carbons (Fsp3) is 0.174. The molecule has 7 nitrogen and oxygen atoms in total. The lowest BCUT2D eigenvalue weighted by Crippen LogP contribution is -2.46. The molecule has 156 valence electrons. The van der Waals surface area contributed by atoms with Gasteiger partial charge in [-0.05, 0) is 42.0 Å². The van der Waals surface area contributed by atoms with E-state index in [1.165, 1.54) is 11.3 Å². The van der Waals surface area contributed by atoms with Crippen LogP contribution in [-0.4, -0.2) is 35.7 Å². The van der Waals surface area contributed by atoms with E-state index in [0.29, 0.717) is 23.2 Å². The first-order valence-corrected chi connectivity index (χ1v) is 10.6. The monoisotopic (exact) mass is 433 g/mol. The van der Waals surface area contributed by atoms with Crippen molar-refractivity contribution in [2.45, 2.75) is 12.6 Å². The molecule has 3 heterocycles. The molecule has 0 N–H and O–H groups in total. The van der Waals surface area contributed by atoms with Crippen molar-refractivity contribution in [3.63, 3.8) is 0 Å². The number of pyridine rings is 1. The minimum Gasteiger partial charge on any atom is -0.497 e. The van der Waals surface area contributed by atoms with Crippen LogP contribution in [-0.2, 0) is 11.3 Å². The Bertz CT molecular complexity index is 1230. The number of benzene rings is 2. The summed E-state index contributed by atoms with van der Waals surface area (Å²) in [6.07, 6.45) is 2.67. The van der Waals surface area contributed by atoms with E-state index in [-0.39, 0.29) is 12.5 Å². The predicted octanol–water partition coefficient (Wildman–Crippen LogP) is 4.07. The lowest BCUT2D eigenvalue weighted by atomic mass is 10.2. The number of para-hydroxylation sites is 2. The Labute approximate surface area is 182 Å². The van der Waals surface area contributed by atoms with Gasteiger partial charge in [0.25, 0.3) is 5.91 Å². The van der Waals surface area contributed by atoms with Crippen molar-refractivity contribution in [2.75, 3.05) is 18.6 Å². The van der Waals surface area contributed by atoms with Gasteiger partial charge in [0.05, 0.1) is 23.9 Å². The molecule has 8 heteroatoms. The highest BCUT2D eigenvalue weighted by Crippen LogP contribution is 2.35. The Morgan fingerprint density at radius 1 is 1.19 bits per heavy atom. The number of amides is 1. The largest absolute Gasteiger partial charge is 0.497 e. The molecule has 0 bridgehead atoms. The van der Waals surface area contributed by atoms with Gasteiger partial charge in [-0.15, -0.1) is 0 Å². The zero-order valence-corrected chi connectivity index (χ0v) is 17.5. The van der Waals surface area contributed by atoms with Crippen molar-refractivity contribution < 1.29 is 19.0 Å². The first-order valence-electron chi connectivity index (χ1n) is 9.74. The van der Waals surface area contributed by atoms with Crippen LogP contribution in [0.1, 0.15) is 5.56 Å². The van der Waals surface area contributed by atoms with Crippen molar-refractivity contribution in [2.24, 2.45) is 0 Å². The van der Waals surface area contributed by atoms with Gasteiger partial charge in [-0.3, -0.25) is 14.7 Å². The molecule has 0 saturated heterocycles. The average molecular weight is 433 g/mol. The van der Waals surface area contributed by atoms with Crippen LogP contribution >= 0.6 is 11.3 Å². The van der Waals surface area contributed by atoms with E-state index >= 15 is 0 Å². The number of aromatic nitrogens is 2. The molecule has 0 spiro atoms. The summed E-state index contributed by atoms with van der Waals surface area (Å²) in [5, 5.41) is 0.583. The number of thiazole rings is 1. The number of carbonyl (C=O) groups excluding carboxylic acids is 1. The molecule has 1 atom stereocenters. The topological polar surface area (TPSA) is 73.8 Å². The Balaban J connectivity index is 1.49. The summed E-state index contributed by atoms with van der Waals surface area (Å²) in [4.78, 5) is 24.1. The van der Waals surface area contributed by atoms with Gasteiger partial charge in [0.1, 0.15) is 12.4 Å². The normalized spacial score (nSPS) is 14.9. The van der Waals surface area contributed by atoms with E-state index in [0.717, 1.165) is 21.5 Å². The maximum atomic E-state index is 13.6. The molecule has 2 aromatic carbocycles. The SMILES string of the molecule is COc1ccc2nc(N(Cc3cccnc3)C(=O)[C@@H]3COc4ccccc4O3)sc2c1. The fourth-order valence-electron chi connectivity index (χ4n) is 3.36. The third-order valence-electron chi connectivity index (χ3n) is 4.93. The van der Waals surface area contributed by atoms with Crippen LogP contribution in [0.3, 0.4) is 0 Å². The van der Waals surface area contributed by atoms with Crippen LogP contribution in [0.5, 0.6) is 17.2 Å². The Hall–Kier alpha value is -3.65. The molecule has 5 rings (SSSR count). The zero-order valence-electron chi connectivity index (χ0n) is 16.7. The van der Waals surface area contributed by atoms with Crippen LogP contribution in [0.15, 0.2) is 67.0 Å². The quantitative estimate of drug-likeness (QED) is 0.472. The number of rotatable bonds is 5. The number of anilines is 1. The number of fused-ring (bicyclic) bond motifs is 2. The summed E-state index contributed by atoms with van der Waals surface area (Å²) in [6.45, 7) is 0.462. The molecule has 2 aromatic heterocycles. The standard InChI is InChI=1S/C23H19N3O4S/c1-28-16-8-9-17-21(11-16)31-23(25-17)26(13-15-5-4-10-24-12-15)22(27)20-14-29-18-6-2-3-7-19(18)30-20/h2-12,20H,13-14H2,1H3/t20-/m0/s1. The van der Waals surface area contributed by atoms with Crippen LogP contribution in [0, 0.1) is 0 Å². The predicted molar refractivity (Wildman–Crippen MR) is 118 cm³/mol. The van der Waals surface area contributed by atoms with Crippen molar-refractivity contribution in [3.8, 4) is 17.2 Å². The molecule has 1 amide bonds. The van der Waals surface area contributed by atoms with Crippen LogP contribution in [0.4, 0.5) is 5.13 Å². The summed E-state index contributed by atoms with van der Waals surface area (Å²) in [6, 6.07) is 16.8. The molecule has 0 unspecified atom stereocenters. The summed E-state index contributed by atoms with van der Waals surface area (Å²) >= 11 is 1.43.